The van der Waals surface area contributed by atoms with Gasteiger partial charge in [0.25, 0.3) is 0 Å². The molecule has 0 aromatic rings. The van der Waals surface area contributed by atoms with Crippen LogP contribution in [0.15, 0.2) is 0 Å². The number of hydrogen-bond donors (Lipinski definition) is 2. The zero-order valence-corrected chi connectivity index (χ0v) is 7.79. The quantitative estimate of drug-likeness (QED) is 0.559. The third-order valence-corrected chi connectivity index (χ3v) is 2.38. The minimum absolute atomic E-state index is 0.195. The molecule has 0 unspecified atom stereocenters. The van der Waals surface area contributed by atoms with Crippen molar-refractivity contribution in [1.29, 1.82) is 0 Å². The molecule has 0 spiro atoms. The maximum Gasteiger partial charge on any atom is 0.164 e. The molecule has 0 aromatic heterocycles. The Morgan fingerprint density at radius 2 is 1.92 bits per heavy atom. The number of rotatable bonds is 0. The molecule has 0 saturated heterocycles. The average Bonchev–Trinajstić information content (AvgIpc) is 1.79. The predicted molar refractivity (Wildman–Crippen MR) is 44.7 cm³/mol. The van der Waals surface area contributed by atoms with Crippen LogP contribution in [0.2, 0.25) is 0 Å². The van der Waals surface area contributed by atoms with Gasteiger partial charge in [-0.15, -0.1) is 0 Å². The van der Waals surface area contributed by atoms with Crippen LogP contribution in [0.3, 0.4) is 0 Å². The van der Waals surface area contributed by atoms with Gasteiger partial charge in [0.05, 0.1) is 5.60 Å². The Kier molecular flexibility index (Phi) is 2.05. The molecule has 1 aliphatic rings. The van der Waals surface area contributed by atoms with Crippen molar-refractivity contribution in [3.8, 4) is 0 Å². The molecule has 3 nitrogen and oxygen atoms in total. The molecule has 0 amide bonds. The number of carbonyl (C=O) groups excluding carboxylic acids is 1. The summed E-state index contributed by atoms with van der Waals surface area (Å²) in [6.07, 6.45) is -0.387. The van der Waals surface area contributed by atoms with Gasteiger partial charge in [-0.1, -0.05) is 13.8 Å². The number of ketones is 1. The van der Waals surface area contributed by atoms with Crippen molar-refractivity contribution >= 4 is 5.78 Å². The highest BCUT2D eigenvalue weighted by molar-refractivity contribution is 5.85. The molecule has 70 valence electrons. The average molecular weight is 172 g/mol. The van der Waals surface area contributed by atoms with Crippen molar-refractivity contribution in [3.63, 3.8) is 0 Å². The van der Waals surface area contributed by atoms with Gasteiger partial charge in [0, 0.05) is 6.42 Å². The van der Waals surface area contributed by atoms with Gasteiger partial charge < -0.3 is 10.2 Å². The first-order valence-electron chi connectivity index (χ1n) is 4.18. The number of aliphatic hydroxyl groups excluding tert-OH is 1. The van der Waals surface area contributed by atoms with Crippen LogP contribution in [0, 0.1) is 5.41 Å². The van der Waals surface area contributed by atoms with Crippen LogP contribution in [0.5, 0.6) is 0 Å². The van der Waals surface area contributed by atoms with Crippen molar-refractivity contribution in [1.82, 2.24) is 0 Å². The van der Waals surface area contributed by atoms with Crippen molar-refractivity contribution in [3.05, 3.63) is 0 Å². The Balaban J connectivity index is 2.87. The van der Waals surface area contributed by atoms with E-state index in [4.69, 9.17) is 0 Å². The summed E-state index contributed by atoms with van der Waals surface area (Å²) in [6.45, 7) is 5.35. The maximum atomic E-state index is 11.2. The van der Waals surface area contributed by atoms with Crippen LogP contribution in [0.1, 0.15) is 33.6 Å². The van der Waals surface area contributed by atoms with E-state index in [1.165, 1.54) is 6.92 Å². The van der Waals surface area contributed by atoms with E-state index in [0.717, 1.165) is 0 Å². The van der Waals surface area contributed by atoms with E-state index in [-0.39, 0.29) is 11.2 Å². The minimum Gasteiger partial charge on any atom is -0.387 e. The second-order valence-electron chi connectivity index (χ2n) is 4.74. The van der Waals surface area contributed by atoms with E-state index < -0.39 is 11.7 Å². The molecule has 1 saturated carbocycles. The van der Waals surface area contributed by atoms with E-state index in [1.54, 1.807) is 0 Å². The molecule has 1 fully saturated rings. The van der Waals surface area contributed by atoms with Gasteiger partial charge in [-0.2, -0.15) is 0 Å². The Bertz CT molecular complexity index is 206. The number of hydrogen-bond acceptors (Lipinski definition) is 3. The van der Waals surface area contributed by atoms with E-state index in [2.05, 4.69) is 0 Å². The topological polar surface area (TPSA) is 57.5 Å². The smallest absolute Gasteiger partial charge is 0.164 e. The maximum absolute atomic E-state index is 11.2. The van der Waals surface area contributed by atoms with Crippen LogP contribution < -0.4 is 0 Å². The van der Waals surface area contributed by atoms with Gasteiger partial charge in [-0.3, -0.25) is 4.79 Å². The Morgan fingerprint density at radius 3 is 2.33 bits per heavy atom. The lowest BCUT2D eigenvalue weighted by Crippen LogP contribution is -2.52. The summed E-state index contributed by atoms with van der Waals surface area (Å²) in [5, 5.41) is 19.0. The largest absolute Gasteiger partial charge is 0.387 e. The lowest BCUT2D eigenvalue weighted by molar-refractivity contribution is -0.157. The SMILES string of the molecule is CC1(C)CC(=O)[C@@H](O)[C@@](C)(O)C1. The molecule has 0 heterocycles. The summed E-state index contributed by atoms with van der Waals surface area (Å²) in [6, 6.07) is 0. The van der Waals surface area contributed by atoms with E-state index in [0.29, 0.717) is 12.8 Å². The molecular weight excluding hydrogens is 156 g/mol. The van der Waals surface area contributed by atoms with Gasteiger partial charge in [0.2, 0.25) is 0 Å². The minimum atomic E-state index is -1.25. The summed E-state index contributed by atoms with van der Waals surface area (Å²) >= 11 is 0. The molecule has 0 bridgehead atoms. The summed E-state index contributed by atoms with van der Waals surface area (Å²) < 4.78 is 0. The number of Topliss-reactive ketones (excluding diaryl/α,β-unsaturated/α-hetero) is 1. The highest BCUT2D eigenvalue weighted by atomic mass is 16.3. The van der Waals surface area contributed by atoms with Gasteiger partial charge >= 0.3 is 0 Å². The third kappa shape index (κ3) is 1.67. The highest BCUT2D eigenvalue weighted by Crippen LogP contribution is 2.38. The van der Waals surface area contributed by atoms with Crippen LogP contribution in [-0.4, -0.2) is 27.7 Å². The second kappa shape index (κ2) is 2.54. The lowest BCUT2D eigenvalue weighted by Gasteiger charge is -2.41. The molecule has 1 rings (SSSR count). The monoisotopic (exact) mass is 172 g/mol. The fourth-order valence-corrected chi connectivity index (χ4v) is 2.04. The van der Waals surface area contributed by atoms with Crippen LogP contribution >= 0.6 is 0 Å². The fraction of sp³-hybridized carbons (Fsp3) is 0.889. The van der Waals surface area contributed by atoms with Gasteiger partial charge in [0.15, 0.2) is 5.78 Å². The first-order valence-corrected chi connectivity index (χ1v) is 4.18. The molecule has 0 radical (unpaired) electrons. The zero-order valence-electron chi connectivity index (χ0n) is 7.79. The number of carbonyl (C=O) groups is 1. The first-order chi connectivity index (χ1) is 5.25. The third-order valence-electron chi connectivity index (χ3n) is 2.38. The van der Waals surface area contributed by atoms with E-state index in [1.807, 2.05) is 13.8 Å². The summed E-state index contributed by atoms with van der Waals surface area (Å²) in [7, 11) is 0. The van der Waals surface area contributed by atoms with Crippen molar-refractivity contribution in [2.24, 2.45) is 5.41 Å². The zero-order chi connectivity index (χ0) is 9.57. The molecule has 12 heavy (non-hydrogen) atoms. The Hall–Kier alpha value is -0.410. The standard InChI is InChI=1S/C9H16O3/c1-8(2)4-6(10)7(11)9(3,12)5-8/h7,11-12H,4-5H2,1-3H3/t7-,9+/m1/s1. The second-order valence-corrected chi connectivity index (χ2v) is 4.74. The fourth-order valence-electron chi connectivity index (χ4n) is 2.04. The van der Waals surface area contributed by atoms with Gasteiger partial charge in [-0.05, 0) is 18.8 Å². The lowest BCUT2D eigenvalue weighted by atomic mass is 9.68. The van der Waals surface area contributed by atoms with E-state index in [9.17, 15) is 15.0 Å². The summed E-state index contributed by atoms with van der Waals surface area (Å²) in [5.74, 6) is -0.253. The first kappa shape index (κ1) is 9.68. The highest BCUT2D eigenvalue weighted by Gasteiger charge is 2.46. The van der Waals surface area contributed by atoms with Crippen molar-refractivity contribution in [2.75, 3.05) is 0 Å². The molecule has 2 atom stereocenters. The van der Waals surface area contributed by atoms with E-state index >= 15 is 0 Å². The van der Waals surface area contributed by atoms with Crippen LogP contribution in [-0.2, 0) is 4.79 Å². The normalized spacial score (nSPS) is 41.4. The summed E-state index contributed by atoms with van der Waals surface area (Å²) in [5.41, 5.74) is -1.45. The van der Waals surface area contributed by atoms with Crippen molar-refractivity contribution in [2.45, 2.75) is 45.3 Å². The van der Waals surface area contributed by atoms with Gasteiger partial charge in [0.1, 0.15) is 6.10 Å². The van der Waals surface area contributed by atoms with Gasteiger partial charge in [-0.25, -0.2) is 0 Å². The molecule has 0 aromatic carbocycles. The van der Waals surface area contributed by atoms with Crippen LogP contribution in [0.4, 0.5) is 0 Å². The molecular formula is C9H16O3. The predicted octanol–water partition coefficient (Wildman–Crippen LogP) is 0.487. The van der Waals surface area contributed by atoms with Crippen LogP contribution in [0.25, 0.3) is 0 Å². The Labute approximate surface area is 72.4 Å². The molecule has 1 aliphatic carbocycles. The Morgan fingerprint density at radius 1 is 1.42 bits per heavy atom. The number of aliphatic hydroxyl groups is 2. The van der Waals surface area contributed by atoms with Crippen molar-refractivity contribution < 1.29 is 15.0 Å². The molecule has 0 aliphatic heterocycles. The summed E-state index contributed by atoms with van der Waals surface area (Å²) in [4.78, 5) is 11.2. The molecule has 3 heteroatoms. The molecule has 2 N–H and O–H groups in total.